The van der Waals surface area contributed by atoms with Crippen LogP contribution in [-0.2, 0) is 14.7 Å². The Morgan fingerprint density at radius 3 is 2.68 bits per heavy atom. The van der Waals surface area contributed by atoms with Gasteiger partial charge in [-0.2, -0.15) is 4.89 Å². The molecule has 0 amide bonds. The number of anilines is 1. The summed E-state index contributed by atoms with van der Waals surface area (Å²) in [5, 5.41) is 9.78. The summed E-state index contributed by atoms with van der Waals surface area (Å²) < 4.78 is 26.1. The number of rotatable bonds is 3. The van der Waals surface area contributed by atoms with E-state index < -0.39 is 23.9 Å². The molecule has 0 saturated carbocycles. The van der Waals surface area contributed by atoms with Crippen LogP contribution in [0.15, 0.2) is 42.5 Å². The lowest BCUT2D eigenvalue weighted by Gasteiger charge is -2.12. The summed E-state index contributed by atoms with van der Waals surface area (Å²) in [5.74, 6) is -3.15. The van der Waals surface area contributed by atoms with Gasteiger partial charge in [0.15, 0.2) is 11.6 Å². The monoisotopic (exact) mass is 309 g/mol. The first kappa shape index (κ1) is 14.4. The number of carboxylic acid groups (broad SMARTS) is 1. The van der Waals surface area contributed by atoms with Gasteiger partial charge in [-0.15, -0.1) is 0 Å². The smallest absolute Gasteiger partial charge is 0.335 e. The molecule has 22 heavy (non-hydrogen) atoms. The van der Waals surface area contributed by atoms with Gasteiger partial charge in [-0.05, 0) is 30.3 Å². The van der Waals surface area contributed by atoms with Crippen LogP contribution in [-0.4, -0.2) is 11.1 Å². The third-order valence-corrected chi connectivity index (χ3v) is 2.91. The quantitative estimate of drug-likeness (QED) is 0.879. The molecule has 2 aromatic carbocycles. The zero-order chi connectivity index (χ0) is 15.7. The van der Waals surface area contributed by atoms with Crippen molar-refractivity contribution in [1.82, 2.24) is 0 Å². The molecule has 1 unspecified atom stereocenters. The molecule has 1 saturated heterocycles. The van der Waals surface area contributed by atoms with Crippen LogP contribution < -0.4 is 5.23 Å². The predicted molar refractivity (Wildman–Crippen MR) is 68.2 cm³/mol. The number of nitrogens with zero attached hydrogens (tertiary/aromatic N) is 1. The fraction of sp³-hybridized carbons (Fsp3) is 0.0714. The fourth-order valence-corrected chi connectivity index (χ4v) is 1.83. The van der Waals surface area contributed by atoms with Crippen LogP contribution in [0.1, 0.15) is 22.2 Å². The Kier molecular flexibility index (Phi) is 3.72. The van der Waals surface area contributed by atoms with Crippen molar-refractivity contribution < 1.29 is 33.4 Å². The van der Waals surface area contributed by atoms with E-state index in [1.165, 1.54) is 30.3 Å². The molecule has 1 atom stereocenters. The van der Waals surface area contributed by atoms with Crippen molar-refractivity contribution in [3.05, 3.63) is 65.2 Å². The maximum absolute atomic E-state index is 13.2. The zero-order valence-corrected chi connectivity index (χ0v) is 10.9. The molecular formula is C14H9F2NO5. The maximum Gasteiger partial charge on any atom is 0.335 e. The van der Waals surface area contributed by atoms with Crippen LogP contribution in [0.4, 0.5) is 14.5 Å². The molecule has 1 heterocycles. The Hall–Kier alpha value is -2.55. The summed E-state index contributed by atoms with van der Waals surface area (Å²) in [6, 6.07) is 8.87. The zero-order valence-electron chi connectivity index (χ0n) is 10.9. The normalized spacial score (nSPS) is 17.7. The first-order valence-electron chi connectivity index (χ1n) is 6.13. The van der Waals surface area contributed by atoms with Gasteiger partial charge in [0.05, 0.1) is 11.3 Å². The lowest BCUT2D eigenvalue weighted by Crippen LogP contribution is -2.15. The van der Waals surface area contributed by atoms with Crippen LogP contribution in [0, 0.1) is 11.6 Å². The van der Waals surface area contributed by atoms with Crippen LogP contribution >= 0.6 is 0 Å². The second-order valence-electron chi connectivity index (χ2n) is 4.39. The predicted octanol–water partition coefficient (Wildman–Crippen LogP) is 2.98. The number of hydrogen-bond acceptors (Lipinski definition) is 5. The van der Waals surface area contributed by atoms with E-state index in [9.17, 15) is 13.6 Å². The summed E-state index contributed by atoms with van der Waals surface area (Å²) in [7, 11) is 0. The van der Waals surface area contributed by atoms with E-state index in [-0.39, 0.29) is 16.8 Å². The third kappa shape index (κ3) is 2.75. The number of hydrogen-bond donors (Lipinski definition) is 1. The number of halogens is 2. The highest BCUT2D eigenvalue weighted by Crippen LogP contribution is 2.31. The molecule has 1 fully saturated rings. The summed E-state index contributed by atoms with van der Waals surface area (Å²) >= 11 is 0. The highest BCUT2D eigenvalue weighted by Gasteiger charge is 2.30. The van der Waals surface area contributed by atoms with Crippen LogP contribution in [0.3, 0.4) is 0 Å². The minimum atomic E-state index is -1.11. The molecule has 0 bridgehead atoms. The molecule has 2 aromatic rings. The molecule has 0 radical (unpaired) electrons. The van der Waals surface area contributed by atoms with E-state index in [1.807, 2.05) is 0 Å². The van der Waals surface area contributed by atoms with E-state index >= 15 is 0 Å². The van der Waals surface area contributed by atoms with Gasteiger partial charge in [0.25, 0.3) is 0 Å². The first-order valence-corrected chi connectivity index (χ1v) is 6.13. The Labute approximate surface area is 122 Å². The average molecular weight is 309 g/mol. The largest absolute Gasteiger partial charge is 0.478 e. The van der Waals surface area contributed by atoms with Crippen molar-refractivity contribution in [1.29, 1.82) is 0 Å². The van der Waals surface area contributed by atoms with Crippen molar-refractivity contribution in [3.8, 4) is 0 Å². The fourth-order valence-electron chi connectivity index (χ4n) is 1.83. The van der Waals surface area contributed by atoms with E-state index in [1.54, 1.807) is 0 Å². The summed E-state index contributed by atoms with van der Waals surface area (Å²) in [5.41, 5.74) is 0.502. The number of aromatic carboxylic acids is 1. The van der Waals surface area contributed by atoms with Crippen LogP contribution in [0.2, 0.25) is 0 Å². The SMILES string of the molecule is O=C(O)c1cccc(N2OOC(c3ccc(F)c(F)c3)O2)c1. The van der Waals surface area contributed by atoms with Gasteiger partial charge >= 0.3 is 5.97 Å². The Morgan fingerprint density at radius 1 is 1.14 bits per heavy atom. The van der Waals surface area contributed by atoms with Crippen molar-refractivity contribution in [3.63, 3.8) is 0 Å². The van der Waals surface area contributed by atoms with Crippen molar-refractivity contribution in [2.24, 2.45) is 0 Å². The maximum atomic E-state index is 13.2. The van der Waals surface area contributed by atoms with Crippen LogP contribution in [0.25, 0.3) is 0 Å². The number of carbonyl (C=O) groups is 1. The van der Waals surface area contributed by atoms with Gasteiger partial charge in [0.1, 0.15) is 0 Å². The molecule has 0 aliphatic carbocycles. The molecular weight excluding hydrogens is 300 g/mol. The molecule has 1 aliphatic rings. The molecule has 8 heteroatoms. The lowest BCUT2D eigenvalue weighted by molar-refractivity contribution is -0.286. The van der Waals surface area contributed by atoms with Crippen molar-refractivity contribution >= 4 is 11.7 Å². The highest BCUT2D eigenvalue weighted by atomic mass is 19.2. The second-order valence-corrected chi connectivity index (χ2v) is 4.39. The van der Waals surface area contributed by atoms with E-state index in [0.717, 1.165) is 17.4 Å². The molecule has 6 nitrogen and oxygen atoms in total. The van der Waals surface area contributed by atoms with E-state index in [0.29, 0.717) is 0 Å². The van der Waals surface area contributed by atoms with E-state index in [4.69, 9.17) is 19.8 Å². The molecule has 1 N–H and O–H groups in total. The topological polar surface area (TPSA) is 68.2 Å². The summed E-state index contributed by atoms with van der Waals surface area (Å²) in [4.78, 5) is 25.9. The molecule has 0 aromatic heterocycles. The molecule has 114 valence electrons. The number of carboxylic acids is 1. The average Bonchev–Trinajstić information content (AvgIpc) is 3.00. The van der Waals surface area contributed by atoms with Crippen LogP contribution in [0.5, 0.6) is 0 Å². The minimum absolute atomic E-state index is 0.0287. The number of benzene rings is 2. The lowest BCUT2D eigenvalue weighted by atomic mass is 10.2. The van der Waals surface area contributed by atoms with E-state index in [2.05, 4.69) is 0 Å². The van der Waals surface area contributed by atoms with Gasteiger partial charge in [0.2, 0.25) is 6.29 Å². The second kappa shape index (κ2) is 5.68. The Bertz CT molecular complexity index is 724. The third-order valence-electron chi connectivity index (χ3n) is 2.91. The Morgan fingerprint density at radius 2 is 1.95 bits per heavy atom. The highest BCUT2D eigenvalue weighted by molar-refractivity contribution is 5.88. The summed E-state index contributed by atoms with van der Waals surface area (Å²) in [6.07, 6.45) is -1.11. The molecule has 1 aliphatic heterocycles. The van der Waals surface area contributed by atoms with Gasteiger partial charge in [-0.3, -0.25) is 0 Å². The molecule has 0 spiro atoms. The van der Waals surface area contributed by atoms with Crippen molar-refractivity contribution in [2.45, 2.75) is 6.29 Å². The first-order chi connectivity index (χ1) is 10.5. The van der Waals surface area contributed by atoms with Gasteiger partial charge in [-0.1, -0.05) is 22.3 Å². The molecule has 3 rings (SSSR count). The Balaban J connectivity index is 1.78. The van der Waals surface area contributed by atoms with Gasteiger partial charge < -0.3 is 5.11 Å². The van der Waals surface area contributed by atoms with Gasteiger partial charge in [0, 0.05) is 5.56 Å². The van der Waals surface area contributed by atoms with Crippen molar-refractivity contribution in [2.75, 3.05) is 5.23 Å². The minimum Gasteiger partial charge on any atom is -0.478 e. The summed E-state index contributed by atoms with van der Waals surface area (Å²) in [6.45, 7) is 0. The van der Waals surface area contributed by atoms with Gasteiger partial charge in [-0.25, -0.2) is 18.4 Å². The standard InChI is InChI=1S/C14H9F2NO5/c15-11-5-4-9(7-12(11)16)14-20-17(22-21-14)10-3-1-2-8(6-10)13(18)19/h1-7,14H,(H,18,19).